The van der Waals surface area contributed by atoms with Crippen LogP contribution in [0.1, 0.15) is 10.4 Å². The van der Waals surface area contributed by atoms with E-state index in [0.29, 0.717) is 5.75 Å². The van der Waals surface area contributed by atoms with Gasteiger partial charge >= 0.3 is 0 Å². The minimum atomic E-state index is 0.690. The van der Waals surface area contributed by atoms with E-state index in [1.165, 1.54) is 10.4 Å². The molecule has 2 aromatic heterocycles. The fraction of sp³-hybridized carbons (Fsp3) is 0.182. The Morgan fingerprint density at radius 1 is 0.929 bits per heavy atom. The lowest BCUT2D eigenvalue weighted by molar-refractivity contribution is 0.395. The average molecular weight is 391 g/mol. The largest absolute Gasteiger partial charge is 0.497 e. The summed E-state index contributed by atoms with van der Waals surface area (Å²) in [4.78, 5) is 11.2. The van der Waals surface area contributed by atoms with E-state index in [-0.39, 0.29) is 0 Å². The van der Waals surface area contributed by atoms with Crippen LogP contribution in [-0.4, -0.2) is 24.2 Å². The first-order valence-corrected chi connectivity index (χ1v) is 9.72. The lowest BCUT2D eigenvalue weighted by Crippen LogP contribution is -1.99. The molecule has 0 saturated carbocycles. The molecule has 0 radical (unpaired) electrons. The van der Waals surface area contributed by atoms with Crippen molar-refractivity contribution in [2.75, 3.05) is 19.5 Å². The van der Waals surface area contributed by atoms with Crippen molar-refractivity contribution >= 4 is 33.1 Å². The first-order chi connectivity index (χ1) is 13.6. The van der Waals surface area contributed by atoms with Crippen molar-refractivity contribution in [2.45, 2.75) is 13.8 Å². The second-order valence-electron chi connectivity index (χ2n) is 6.49. The van der Waals surface area contributed by atoms with Gasteiger partial charge in [0.1, 0.15) is 28.5 Å². The Balaban J connectivity index is 1.86. The maximum atomic E-state index is 5.52. The Labute approximate surface area is 168 Å². The van der Waals surface area contributed by atoms with Gasteiger partial charge in [0.2, 0.25) is 0 Å². The Bertz CT molecular complexity index is 1140. The molecule has 142 valence electrons. The van der Waals surface area contributed by atoms with Crippen LogP contribution in [0.15, 0.2) is 48.8 Å². The predicted molar refractivity (Wildman–Crippen MR) is 115 cm³/mol. The molecule has 4 aromatic rings. The lowest BCUT2D eigenvalue weighted by atomic mass is 10.0. The van der Waals surface area contributed by atoms with Gasteiger partial charge in [-0.05, 0) is 31.5 Å². The predicted octanol–water partition coefficient (Wildman–Crippen LogP) is 5.74. The van der Waals surface area contributed by atoms with Crippen LogP contribution in [0.5, 0.6) is 11.5 Å². The number of fused-ring (bicyclic) bond motifs is 1. The van der Waals surface area contributed by atoms with Crippen molar-refractivity contribution in [3.8, 4) is 22.6 Å². The second-order valence-corrected chi connectivity index (χ2v) is 7.70. The zero-order valence-electron chi connectivity index (χ0n) is 16.2. The number of nitrogens with one attached hydrogen (secondary N) is 1. The molecule has 0 atom stereocenters. The minimum absolute atomic E-state index is 0.690. The molecule has 0 aliphatic heterocycles. The molecule has 0 saturated heterocycles. The van der Waals surface area contributed by atoms with E-state index in [1.54, 1.807) is 31.9 Å². The van der Waals surface area contributed by atoms with E-state index in [9.17, 15) is 0 Å². The van der Waals surface area contributed by atoms with E-state index in [4.69, 9.17) is 9.47 Å². The van der Waals surface area contributed by atoms with Crippen LogP contribution in [0.25, 0.3) is 21.3 Å². The highest BCUT2D eigenvalue weighted by atomic mass is 32.1. The summed E-state index contributed by atoms with van der Waals surface area (Å²) < 4.78 is 10.8. The number of hydrogen-bond donors (Lipinski definition) is 1. The topological polar surface area (TPSA) is 56.3 Å². The molecule has 0 aliphatic rings. The number of aryl methyl sites for hydroxylation is 2. The number of rotatable bonds is 5. The molecular formula is C22H21N3O2S. The quantitative estimate of drug-likeness (QED) is 0.470. The molecule has 2 aromatic carbocycles. The molecular weight excluding hydrogens is 370 g/mol. The van der Waals surface area contributed by atoms with Crippen molar-refractivity contribution in [3.05, 3.63) is 59.2 Å². The molecule has 0 unspecified atom stereocenters. The van der Waals surface area contributed by atoms with E-state index >= 15 is 0 Å². The van der Waals surface area contributed by atoms with Crippen LogP contribution in [0.4, 0.5) is 11.5 Å². The summed E-state index contributed by atoms with van der Waals surface area (Å²) >= 11 is 1.68. The van der Waals surface area contributed by atoms with Gasteiger partial charge in [0.25, 0.3) is 0 Å². The molecule has 1 N–H and O–H groups in total. The Morgan fingerprint density at radius 2 is 1.71 bits per heavy atom. The number of nitrogens with zero attached hydrogens (tertiary/aromatic N) is 2. The molecule has 0 aliphatic carbocycles. The molecule has 4 rings (SSSR count). The standard InChI is InChI=1S/C22H21N3O2S/c1-13-5-7-15(8-6-13)19-14(2)28-22-20(19)21(23-12-24-22)25-17-10-9-16(26-3)11-18(17)27-4/h5-12H,1-4H3,(H,23,24,25). The summed E-state index contributed by atoms with van der Waals surface area (Å²) in [5.74, 6) is 2.19. The van der Waals surface area contributed by atoms with Crippen molar-refractivity contribution in [1.29, 1.82) is 0 Å². The summed E-state index contributed by atoms with van der Waals surface area (Å²) in [6.45, 7) is 4.22. The number of thiophene rings is 1. The number of benzene rings is 2. The summed E-state index contributed by atoms with van der Waals surface area (Å²) in [7, 11) is 3.28. The minimum Gasteiger partial charge on any atom is -0.497 e. The van der Waals surface area contributed by atoms with E-state index in [2.05, 4.69) is 53.4 Å². The zero-order chi connectivity index (χ0) is 19.7. The van der Waals surface area contributed by atoms with Gasteiger partial charge in [-0.3, -0.25) is 0 Å². The van der Waals surface area contributed by atoms with Crippen molar-refractivity contribution < 1.29 is 9.47 Å². The number of ether oxygens (including phenoxy) is 2. The van der Waals surface area contributed by atoms with Crippen LogP contribution in [0.2, 0.25) is 0 Å². The van der Waals surface area contributed by atoms with E-state index in [1.807, 2.05) is 18.2 Å². The smallest absolute Gasteiger partial charge is 0.146 e. The SMILES string of the molecule is COc1ccc(Nc2ncnc3sc(C)c(-c4ccc(C)cc4)c23)c(OC)c1. The lowest BCUT2D eigenvalue weighted by Gasteiger charge is -2.13. The number of anilines is 2. The molecule has 5 nitrogen and oxygen atoms in total. The maximum Gasteiger partial charge on any atom is 0.146 e. The van der Waals surface area contributed by atoms with Gasteiger partial charge in [0.15, 0.2) is 0 Å². The fourth-order valence-corrected chi connectivity index (χ4v) is 4.25. The number of aromatic nitrogens is 2. The van der Waals surface area contributed by atoms with Crippen LogP contribution < -0.4 is 14.8 Å². The van der Waals surface area contributed by atoms with Gasteiger partial charge < -0.3 is 14.8 Å². The van der Waals surface area contributed by atoms with Gasteiger partial charge in [0.05, 0.1) is 25.3 Å². The molecule has 2 heterocycles. The third-order valence-corrected chi connectivity index (χ3v) is 5.68. The van der Waals surface area contributed by atoms with Crippen LogP contribution in [0, 0.1) is 13.8 Å². The third kappa shape index (κ3) is 3.27. The average Bonchev–Trinajstić information content (AvgIpc) is 3.05. The van der Waals surface area contributed by atoms with E-state index < -0.39 is 0 Å². The normalized spacial score (nSPS) is 10.9. The molecule has 0 bridgehead atoms. The van der Waals surface area contributed by atoms with Crippen molar-refractivity contribution in [1.82, 2.24) is 9.97 Å². The summed E-state index contributed by atoms with van der Waals surface area (Å²) in [5.41, 5.74) is 4.38. The zero-order valence-corrected chi connectivity index (χ0v) is 17.1. The first kappa shape index (κ1) is 18.3. The second kappa shape index (κ2) is 7.48. The highest BCUT2D eigenvalue weighted by Gasteiger charge is 2.18. The van der Waals surface area contributed by atoms with Crippen molar-refractivity contribution in [3.63, 3.8) is 0 Å². The van der Waals surface area contributed by atoms with Crippen LogP contribution in [-0.2, 0) is 0 Å². The van der Waals surface area contributed by atoms with Gasteiger partial charge in [-0.2, -0.15) is 0 Å². The molecule has 28 heavy (non-hydrogen) atoms. The van der Waals surface area contributed by atoms with Gasteiger partial charge in [-0.1, -0.05) is 29.8 Å². The maximum absolute atomic E-state index is 5.52. The summed E-state index contributed by atoms with van der Waals surface area (Å²) in [6, 6.07) is 14.2. The van der Waals surface area contributed by atoms with Crippen LogP contribution >= 0.6 is 11.3 Å². The van der Waals surface area contributed by atoms with Gasteiger partial charge in [-0.15, -0.1) is 11.3 Å². The summed E-state index contributed by atoms with van der Waals surface area (Å²) in [5, 5.41) is 4.45. The van der Waals surface area contributed by atoms with Gasteiger partial charge in [-0.25, -0.2) is 9.97 Å². The monoisotopic (exact) mass is 391 g/mol. The Kier molecular flexibility index (Phi) is 4.88. The van der Waals surface area contributed by atoms with Crippen molar-refractivity contribution in [2.24, 2.45) is 0 Å². The molecule has 0 spiro atoms. The third-order valence-electron chi connectivity index (χ3n) is 4.67. The number of hydrogen-bond acceptors (Lipinski definition) is 6. The van der Waals surface area contributed by atoms with Gasteiger partial charge in [0, 0.05) is 16.5 Å². The van der Waals surface area contributed by atoms with E-state index in [0.717, 1.165) is 38.6 Å². The first-order valence-electron chi connectivity index (χ1n) is 8.91. The van der Waals surface area contributed by atoms with Crippen LogP contribution in [0.3, 0.4) is 0 Å². The highest BCUT2D eigenvalue weighted by molar-refractivity contribution is 7.19. The molecule has 6 heteroatoms. The molecule has 0 amide bonds. The fourth-order valence-electron chi connectivity index (χ4n) is 3.24. The molecule has 0 fully saturated rings. The Morgan fingerprint density at radius 3 is 2.43 bits per heavy atom. The summed E-state index contributed by atoms with van der Waals surface area (Å²) in [6.07, 6.45) is 1.59. The highest BCUT2D eigenvalue weighted by Crippen LogP contribution is 2.42. The Hall–Kier alpha value is -3.12. The number of methoxy groups -OCH3 is 2.